The largest absolute Gasteiger partial charge is 0.443 e. The number of rotatable bonds is 4. The second-order valence-electron chi connectivity index (χ2n) is 11.3. The first kappa shape index (κ1) is 26.3. The molecule has 0 atom stereocenters. The van der Waals surface area contributed by atoms with Gasteiger partial charge in [0.1, 0.15) is 11.4 Å². The Morgan fingerprint density at radius 2 is 1.85 bits per heavy atom. The van der Waals surface area contributed by atoms with E-state index in [-0.39, 0.29) is 5.91 Å². The van der Waals surface area contributed by atoms with Gasteiger partial charge in [-0.3, -0.25) is 9.69 Å². The third-order valence-corrected chi connectivity index (χ3v) is 7.73. The monoisotopic (exact) mass is 557 g/mol. The molecule has 0 spiro atoms. The van der Waals surface area contributed by atoms with E-state index in [2.05, 4.69) is 38.3 Å². The molecular weight excluding hydrogens is 526 g/mol. The minimum absolute atomic E-state index is 0.195. The van der Waals surface area contributed by atoms with Gasteiger partial charge in [-0.15, -0.1) is 0 Å². The highest BCUT2D eigenvalue weighted by atomic mass is 35.5. The van der Waals surface area contributed by atoms with Crippen molar-refractivity contribution in [1.29, 1.82) is 0 Å². The van der Waals surface area contributed by atoms with Crippen molar-refractivity contribution in [3.05, 3.63) is 82.5 Å². The predicted molar refractivity (Wildman–Crippen MR) is 157 cm³/mol. The molecule has 2 aliphatic heterocycles. The average Bonchev–Trinajstić information content (AvgIpc) is 3.50. The van der Waals surface area contributed by atoms with Crippen molar-refractivity contribution in [3.63, 3.8) is 0 Å². The number of amides is 1. The average molecular weight is 558 g/mol. The summed E-state index contributed by atoms with van der Waals surface area (Å²) in [4.78, 5) is 35.6. The summed E-state index contributed by atoms with van der Waals surface area (Å²) in [6.07, 6.45) is 1.34. The van der Waals surface area contributed by atoms with E-state index < -0.39 is 11.7 Å². The quantitative estimate of drug-likeness (QED) is 0.346. The van der Waals surface area contributed by atoms with Gasteiger partial charge in [-0.1, -0.05) is 29.8 Å². The smallest absolute Gasteiger partial charge is 0.419 e. The number of anilines is 1. The Hall–Kier alpha value is -3.88. The SMILES string of the molecule is CC(C)(C)OC(=O)n1c(-c2ccc(Cl)c3c2C(=O)NC3)cc2cc(CN3CCN(c4ccccn4)CC3)ccc21. The number of aromatic nitrogens is 2. The van der Waals surface area contributed by atoms with E-state index in [4.69, 9.17) is 16.3 Å². The van der Waals surface area contributed by atoms with Crippen LogP contribution >= 0.6 is 11.6 Å². The summed E-state index contributed by atoms with van der Waals surface area (Å²) in [6, 6.07) is 17.7. The fourth-order valence-corrected chi connectivity index (χ4v) is 5.75. The standard InChI is InChI=1S/C31H32ClN5O3/c1-31(2,3)40-30(39)37-25-10-7-20(19-35-12-14-36(15-13-35)27-6-4-5-11-33-27)16-21(25)17-26(37)22-8-9-24(32)23-18-34-29(38)28(22)23/h4-11,16-17H,12-15,18-19H2,1-3H3,(H,34,38). The molecule has 2 aliphatic rings. The maximum absolute atomic E-state index is 13.5. The maximum atomic E-state index is 13.5. The van der Waals surface area contributed by atoms with Gasteiger partial charge in [0.2, 0.25) is 0 Å². The lowest BCUT2D eigenvalue weighted by Crippen LogP contribution is -2.46. The van der Waals surface area contributed by atoms with Gasteiger partial charge in [0.25, 0.3) is 5.91 Å². The van der Waals surface area contributed by atoms with Crippen LogP contribution in [0.3, 0.4) is 0 Å². The van der Waals surface area contributed by atoms with Gasteiger partial charge in [-0.05, 0) is 62.7 Å². The summed E-state index contributed by atoms with van der Waals surface area (Å²) >= 11 is 6.42. The number of nitrogens with zero attached hydrogens (tertiary/aromatic N) is 4. The third kappa shape index (κ3) is 5.05. The predicted octanol–water partition coefficient (Wildman–Crippen LogP) is 5.71. The molecule has 8 nitrogen and oxygen atoms in total. The van der Waals surface area contributed by atoms with E-state index >= 15 is 0 Å². The summed E-state index contributed by atoms with van der Waals surface area (Å²) in [6.45, 7) is 10.4. The van der Waals surface area contributed by atoms with Crippen molar-refractivity contribution >= 4 is 40.3 Å². The van der Waals surface area contributed by atoms with Crippen LogP contribution in [0.5, 0.6) is 0 Å². The third-order valence-electron chi connectivity index (χ3n) is 7.38. The molecule has 1 amide bonds. The number of pyridine rings is 1. The second kappa shape index (κ2) is 10.3. The Morgan fingerprint density at radius 1 is 1.05 bits per heavy atom. The molecular formula is C31H32ClN5O3. The van der Waals surface area contributed by atoms with Gasteiger partial charge in [0, 0.05) is 67.0 Å². The normalized spacial score (nSPS) is 15.8. The van der Waals surface area contributed by atoms with Crippen LogP contribution in [0.1, 0.15) is 42.3 Å². The van der Waals surface area contributed by atoms with Crippen molar-refractivity contribution in [3.8, 4) is 11.3 Å². The minimum atomic E-state index is -0.679. The first-order valence-corrected chi connectivity index (χ1v) is 13.9. The van der Waals surface area contributed by atoms with Crippen LogP contribution in [0.15, 0.2) is 60.8 Å². The van der Waals surface area contributed by atoms with E-state index in [1.54, 1.807) is 10.6 Å². The van der Waals surface area contributed by atoms with Crippen molar-refractivity contribution < 1.29 is 14.3 Å². The summed E-state index contributed by atoms with van der Waals surface area (Å²) in [5.74, 6) is 0.820. The van der Waals surface area contributed by atoms with Crippen LogP contribution in [0.25, 0.3) is 22.2 Å². The van der Waals surface area contributed by atoms with E-state index in [0.29, 0.717) is 28.4 Å². The number of halogens is 1. The zero-order valence-corrected chi connectivity index (χ0v) is 23.7. The van der Waals surface area contributed by atoms with E-state index in [0.717, 1.165) is 60.6 Å². The highest BCUT2D eigenvalue weighted by molar-refractivity contribution is 6.32. The summed E-state index contributed by atoms with van der Waals surface area (Å²) in [7, 11) is 0. The highest BCUT2D eigenvalue weighted by Crippen LogP contribution is 2.37. The number of fused-ring (bicyclic) bond motifs is 2. The van der Waals surface area contributed by atoms with Crippen LogP contribution in [-0.2, 0) is 17.8 Å². The zero-order chi connectivity index (χ0) is 28.0. The van der Waals surface area contributed by atoms with Gasteiger partial charge in [0.15, 0.2) is 0 Å². The Balaban J connectivity index is 1.33. The molecule has 6 rings (SSSR count). The van der Waals surface area contributed by atoms with Crippen LogP contribution in [0, 0.1) is 0 Å². The number of piperazine rings is 1. The lowest BCUT2D eigenvalue weighted by atomic mass is 10.00. The highest BCUT2D eigenvalue weighted by Gasteiger charge is 2.30. The molecule has 1 N–H and O–H groups in total. The van der Waals surface area contributed by atoms with Crippen molar-refractivity contribution in [2.45, 2.75) is 39.5 Å². The van der Waals surface area contributed by atoms with Crippen molar-refractivity contribution in [1.82, 2.24) is 19.8 Å². The fourth-order valence-electron chi connectivity index (χ4n) is 5.52. The molecule has 1 saturated heterocycles. The minimum Gasteiger partial charge on any atom is -0.443 e. The molecule has 0 unspecified atom stereocenters. The first-order valence-electron chi connectivity index (χ1n) is 13.5. The summed E-state index contributed by atoms with van der Waals surface area (Å²) < 4.78 is 7.37. The van der Waals surface area contributed by atoms with E-state index in [9.17, 15) is 9.59 Å². The van der Waals surface area contributed by atoms with Crippen LogP contribution in [-0.4, -0.2) is 58.2 Å². The first-order chi connectivity index (χ1) is 19.2. The van der Waals surface area contributed by atoms with E-state index in [1.807, 2.05) is 57.3 Å². The molecule has 4 heterocycles. The number of carbonyl (C=O) groups is 2. The number of nitrogens with one attached hydrogen (secondary N) is 1. The molecule has 9 heteroatoms. The molecule has 2 aromatic carbocycles. The van der Waals surface area contributed by atoms with Gasteiger partial charge in [0.05, 0.1) is 16.8 Å². The number of benzene rings is 2. The van der Waals surface area contributed by atoms with E-state index in [1.165, 1.54) is 0 Å². The van der Waals surface area contributed by atoms with Crippen LogP contribution < -0.4 is 10.2 Å². The molecule has 0 saturated carbocycles. The number of carbonyl (C=O) groups excluding carboxylic acids is 2. The lowest BCUT2D eigenvalue weighted by Gasteiger charge is -2.35. The maximum Gasteiger partial charge on any atom is 0.419 e. The fraction of sp³-hybridized carbons (Fsp3) is 0.323. The van der Waals surface area contributed by atoms with Gasteiger partial charge in [-0.2, -0.15) is 0 Å². The Bertz CT molecular complexity index is 1600. The number of ether oxygens (including phenoxy) is 1. The van der Waals surface area contributed by atoms with Crippen LogP contribution in [0.2, 0.25) is 5.02 Å². The molecule has 40 heavy (non-hydrogen) atoms. The number of hydrogen-bond acceptors (Lipinski definition) is 6. The Labute approximate surface area is 238 Å². The molecule has 0 radical (unpaired) electrons. The second-order valence-corrected chi connectivity index (χ2v) is 11.7. The topological polar surface area (TPSA) is 79.7 Å². The Kier molecular flexibility index (Phi) is 6.76. The summed E-state index contributed by atoms with van der Waals surface area (Å²) in [5.41, 5.74) is 3.73. The molecule has 2 aromatic heterocycles. The molecule has 4 aromatic rings. The summed E-state index contributed by atoms with van der Waals surface area (Å²) in [5, 5.41) is 4.30. The van der Waals surface area contributed by atoms with Crippen molar-refractivity contribution in [2.24, 2.45) is 0 Å². The molecule has 206 valence electrons. The number of hydrogen-bond donors (Lipinski definition) is 1. The molecule has 0 aliphatic carbocycles. The zero-order valence-electron chi connectivity index (χ0n) is 22.9. The van der Waals surface area contributed by atoms with Gasteiger partial charge >= 0.3 is 6.09 Å². The van der Waals surface area contributed by atoms with Crippen LogP contribution in [0.4, 0.5) is 10.6 Å². The van der Waals surface area contributed by atoms with Gasteiger partial charge < -0.3 is 15.0 Å². The Morgan fingerprint density at radius 3 is 2.58 bits per heavy atom. The molecule has 1 fully saturated rings. The van der Waals surface area contributed by atoms with Crippen molar-refractivity contribution in [2.75, 3.05) is 31.1 Å². The van der Waals surface area contributed by atoms with Gasteiger partial charge in [-0.25, -0.2) is 14.3 Å². The lowest BCUT2D eigenvalue weighted by molar-refractivity contribution is 0.0547. The molecule has 0 bridgehead atoms.